The number of nitrogen functional groups attached to an aromatic ring is 1. The van der Waals surface area contributed by atoms with Gasteiger partial charge in [0, 0.05) is 41.7 Å². The van der Waals surface area contributed by atoms with Crippen LogP contribution in [0.5, 0.6) is 0 Å². The van der Waals surface area contributed by atoms with Crippen molar-refractivity contribution in [2.75, 3.05) is 37.2 Å². The number of rotatable bonds is 6. The zero-order valence-corrected chi connectivity index (χ0v) is 20.8. The fraction of sp³-hybridized carbons (Fsp3) is 0.286. The van der Waals surface area contributed by atoms with E-state index in [0.29, 0.717) is 29.5 Å². The summed E-state index contributed by atoms with van der Waals surface area (Å²) in [5.41, 5.74) is 8.80. The number of aromatic nitrogens is 3. The molecule has 1 aliphatic rings. The number of nitrogens with two attached hydrogens (primary N) is 1. The summed E-state index contributed by atoms with van der Waals surface area (Å²) in [7, 11) is 0. The van der Waals surface area contributed by atoms with Crippen molar-refractivity contribution in [1.82, 2.24) is 25.2 Å². The Kier molecular flexibility index (Phi) is 7.14. The van der Waals surface area contributed by atoms with E-state index in [1.54, 1.807) is 12.1 Å². The molecule has 0 bridgehead atoms. The average molecular weight is 498 g/mol. The second kappa shape index (κ2) is 10.8. The number of hydrogen-bond acceptors (Lipinski definition) is 6. The van der Waals surface area contributed by atoms with Gasteiger partial charge in [-0.05, 0) is 43.1 Å². The average Bonchev–Trinajstić information content (AvgIpc) is 3.17. The Hall–Kier alpha value is -4.24. The molecule has 5 rings (SSSR count). The molecule has 9 nitrogen and oxygen atoms in total. The van der Waals surface area contributed by atoms with Crippen molar-refractivity contribution in [1.29, 1.82) is 0 Å². The Morgan fingerprint density at radius 1 is 1.16 bits per heavy atom. The van der Waals surface area contributed by atoms with Gasteiger partial charge in [-0.1, -0.05) is 43.7 Å². The molecule has 1 unspecified atom stereocenters. The van der Waals surface area contributed by atoms with Crippen molar-refractivity contribution in [3.05, 3.63) is 72.1 Å². The van der Waals surface area contributed by atoms with Crippen LogP contribution in [0.1, 0.15) is 40.6 Å². The lowest BCUT2D eigenvalue weighted by molar-refractivity contribution is 0.0745. The van der Waals surface area contributed by atoms with Gasteiger partial charge in [-0.3, -0.25) is 9.59 Å². The second-order valence-corrected chi connectivity index (χ2v) is 9.40. The number of fused-ring (bicyclic) bond motifs is 1. The number of aromatic amines is 1. The molecule has 3 heterocycles. The highest BCUT2D eigenvalue weighted by molar-refractivity contribution is 6.06. The number of H-pyrrole nitrogens is 1. The monoisotopic (exact) mass is 497 g/mol. The molecular formula is C28H31N7O2. The number of anilines is 2. The number of nitrogens with zero attached hydrogens (tertiary/aromatic N) is 3. The normalized spacial score (nSPS) is 15.9. The van der Waals surface area contributed by atoms with Crippen molar-refractivity contribution in [3.63, 3.8) is 0 Å². The van der Waals surface area contributed by atoms with Gasteiger partial charge in [0.1, 0.15) is 5.82 Å². The summed E-state index contributed by atoms with van der Waals surface area (Å²) in [6.45, 7) is 5.38. The minimum absolute atomic E-state index is 0.0261. The van der Waals surface area contributed by atoms with Crippen LogP contribution in [0.2, 0.25) is 0 Å². The Balaban J connectivity index is 1.31. The number of para-hydroxylation sites is 1. The first kappa shape index (κ1) is 24.5. The molecule has 190 valence electrons. The summed E-state index contributed by atoms with van der Waals surface area (Å²) in [6, 6.07) is 16.8. The highest BCUT2D eigenvalue weighted by Crippen LogP contribution is 2.22. The Bertz CT molecular complexity index is 1380. The highest BCUT2D eigenvalue weighted by Gasteiger charge is 2.23. The summed E-state index contributed by atoms with van der Waals surface area (Å²) in [6.07, 6.45) is 3.73. The fourth-order valence-electron chi connectivity index (χ4n) is 4.77. The van der Waals surface area contributed by atoms with Gasteiger partial charge in [0.05, 0.1) is 11.9 Å². The SMILES string of the molecule is CCCC1CNCCN(C(=O)c2ccc(-c3cnc(N)c(C(=O)Nc4cc5ccccc5[nH]4)n3)cc2)C1. The van der Waals surface area contributed by atoms with Gasteiger partial charge in [0.2, 0.25) is 0 Å². The van der Waals surface area contributed by atoms with Crippen LogP contribution in [0.25, 0.3) is 22.2 Å². The third kappa shape index (κ3) is 5.46. The number of amides is 2. The molecular weight excluding hydrogens is 466 g/mol. The third-order valence-electron chi connectivity index (χ3n) is 6.68. The fourth-order valence-corrected chi connectivity index (χ4v) is 4.77. The number of benzene rings is 2. The van der Waals surface area contributed by atoms with E-state index >= 15 is 0 Å². The first-order valence-electron chi connectivity index (χ1n) is 12.6. The maximum atomic E-state index is 13.2. The van der Waals surface area contributed by atoms with E-state index < -0.39 is 5.91 Å². The molecule has 0 saturated carbocycles. The van der Waals surface area contributed by atoms with E-state index in [1.807, 2.05) is 47.4 Å². The topological polar surface area (TPSA) is 129 Å². The molecule has 9 heteroatoms. The number of hydrogen-bond donors (Lipinski definition) is 4. The van der Waals surface area contributed by atoms with Crippen molar-refractivity contribution < 1.29 is 9.59 Å². The lowest BCUT2D eigenvalue weighted by atomic mass is 10.0. The van der Waals surface area contributed by atoms with Crippen LogP contribution in [0.3, 0.4) is 0 Å². The summed E-state index contributed by atoms with van der Waals surface area (Å²) in [5, 5.41) is 7.23. The number of carbonyl (C=O) groups excluding carboxylic acids is 2. The predicted molar refractivity (Wildman–Crippen MR) is 145 cm³/mol. The van der Waals surface area contributed by atoms with E-state index in [9.17, 15) is 9.59 Å². The van der Waals surface area contributed by atoms with Crippen molar-refractivity contribution in [2.45, 2.75) is 19.8 Å². The van der Waals surface area contributed by atoms with Crippen molar-refractivity contribution in [3.8, 4) is 11.3 Å². The maximum Gasteiger partial charge on any atom is 0.279 e. The molecule has 2 amide bonds. The molecule has 0 spiro atoms. The molecule has 1 fully saturated rings. The van der Waals surface area contributed by atoms with Gasteiger partial charge in [-0.15, -0.1) is 0 Å². The van der Waals surface area contributed by atoms with E-state index in [0.717, 1.165) is 48.9 Å². The Morgan fingerprint density at radius 2 is 1.97 bits per heavy atom. The molecule has 2 aromatic carbocycles. The summed E-state index contributed by atoms with van der Waals surface area (Å²) in [4.78, 5) is 39.9. The first-order valence-corrected chi connectivity index (χ1v) is 12.6. The van der Waals surface area contributed by atoms with Gasteiger partial charge >= 0.3 is 0 Å². The summed E-state index contributed by atoms with van der Waals surface area (Å²) < 4.78 is 0. The molecule has 0 aliphatic carbocycles. The van der Waals surface area contributed by atoms with E-state index in [-0.39, 0.29) is 17.4 Å². The first-order chi connectivity index (χ1) is 18.0. The molecule has 2 aromatic heterocycles. The van der Waals surface area contributed by atoms with Crippen molar-refractivity contribution in [2.24, 2.45) is 5.92 Å². The summed E-state index contributed by atoms with van der Waals surface area (Å²) in [5.74, 6) is 0.626. The molecule has 1 atom stereocenters. The van der Waals surface area contributed by atoms with Gasteiger partial charge in [0.15, 0.2) is 11.5 Å². The van der Waals surface area contributed by atoms with E-state index in [1.165, 1.54) is 6.20 Å². The molecule has 37 heavy (non-hydrogen) atoms. The molecule has 5 N–H and O–H groups in total. The number of nitrogens with one attached hydrogen (secondary N) is 3. The van der Waals surface area contributed by atoms with E-state index in [4.69, 9.17) is 5.73 Å². The quantitative estimate of drug-likeness (QED) is 0.320. The Labute approximate surface area is 215 Å². The third-order valence-corrected chi connectivity index (χ3v) is 6.68. The van der Waals surface area contributed by atoms with Gasteiger partial charge in [0.25, 0.3) is 11.8 Å². The van der Waals surface area contributed by atoms with Gasteiger partial charge in [-0.2, -0.15) is 0 Å². The second-order valence-electron chi connectivity index (χ2n) is 9.40. The van der Waals surface area contributed by atoms with Gasteiger partial charge < -0.3 is 26.3 Å². The minimum Gasteiger partial charge on any atom is -0.382 e. The standard InChI is InChI=1S/C28H31N7O2/c1-2-5-18-15-30-12-13-35(17-18)28(37)20-10-8-19(9-11-20)23-16-31-26(29)25(33-23)27(36)34-24-14-21-6-3-4-7-22(21)32-24/h3-4,6-11,14,16,18,30,32H,2,5,12-13,15,17H2,1H3,(H2,29,31)(H,34,36). The zero-order chi connectivity index (χ0) is 25.8. The lowest BCUT2D eigenvalue weighted by Crippen LogP contribution is -2.36. The predicted octanol–water partition coefficient (Wildman–Crippen LogP) is 3.92. The Morgan fingerprint density at radius 3 is 2.76 bits per heavy atom. The molecule has 4 aromatic rings. The van der Waals surface area contributed by atoms with Crippen LogP contribution in [-0.2, 0) is 0 Å². The molecule has 1 aliphatic heterocycles. The lowest BCUT2D eigenvalue weighted by Gasteiger charge is -2.24. The van der Waals surface area contributed by atoms with Gasteiger partial charge in [-0.25, -0.2) is 9.97 Å². The smallest absolute Gasteiger partial charge is 0.279 e. The molecule has 0 radical (unpaired) electrons. The molecule has 1 saturated heterocycles. The maximum absolute atomic E-state index is 13.2. The van der Waals surface area contributed by atoms with Crippen LogP contribution in [0.4, 0.5) is 11.6 Å². The number of carbonyl (C=O) groups is 2. The van der Waals surface area contributed by atoms with Crippen LogP contribution in [0.15, 0.2) is 60.8 Å². The van der Waals surface area contributed by atoms with Crippen LogP contribution in [-0.4, -0.2) is 57.8 Å². The van der Waals surface area contributed by atoms with E-state index in [2.05, 4.69) is 32.5 Å². The zero-order valence-electron chi connectivity index (χ0n) is 20.8. The van der Waals surface area contributed by atoms with Crippen LogP contribution in [0, 0.1) is 5.92 Å². The highest BCUT2D eigenvalue weighted by atomic mass is 16.2. The largest absolute Gasteiger partial charge is 0.382 e. The van der Waals surface area contributed by atoms with Crippen molar-refractivity contribution >= 4 is 34.4 Å². The van der Waals surface area contributed by atoms with Crippen LogP contribution >= 0.6 is 0 Å². The summed E-state index contributed by atoms with van der Waals surface area (Å²) >= 11 is 0. The van der Waals surface area contributed by atoms with Crippen LogP contribution < -0.4 is 16.4 Å². The minimum atomic E-state index is -0.457.